The predicted octanol–water partition coefficient (Wildman–Crippen LogP) is 10.3. The van der Waals surface area contributed by atoms with Gasteiger partial charge in [0.1, 0.15) is 0 Å². The fraction of sp³-hybridized carbons (Fsp3) is 0.0270. The molecule has 0 aliphatic rings. The van der Waals surface area contributed by atoms with Crippen molar-refractivity contribution in [3.05, 3.63) is 143 Å². The lowest BCUT2D eigenvalue weighted by molar-refractivity contribution is -0.132. The van der Waals surface area contributed by atoms with Crippen LogP contribution in [0.3, 0.4) is 0 Å². The first-order chi connectivity index (χ1) is 22.0. The molecule has 7 aromatic rings. The molecule has 0 atom stereocenters. The van der Waals surface area contributed by atoms with E-state index in [1.54, 1.807) is 22.7 Å². The fourth-order valence-corrected chi connectivity index (χ4v) is 8.62. The Hall–Kier alpha value is -5.04. The maximum atomic E-state index is 11.3. The SMILES string of the molecule is [C-]#[N+]/C(=C\c1ccc(-c2ccc(-c3ccc(-c4c(-c5ccccc5)n(-c5ccc(CO)cc5)c5ccccc45)s3)s2)s1)C(=O)O. The Bertz CT molecular complexity index is 2240. The van der Waals surface area contributed by atoms with Crippen LogP contribution in [-0.2, 0) is 11.4 Å². The second-order valence-electron chi connectivity index (χ2n) is 10.2. The molecule has 8 heteroatoms. The van der Waals surface area contributed by atoms with Gasteiger partial charge in [-0.25, -0.2) is 4.85 Å². The summed E-state index contributed by atoms with van der Waals surface area (Å²) in [7, 11) is 0. The first kappa shape index (κ1) is 28.7. The standard InChI is InChI=1S/C37H24N2O3S3/c1-38-28(37(41)42)21-26-15-16-30(43-26)31-17-18-32(44-31)33-19-20-34(45-33)35-27-9-5-6-10-29(27)39(25-13-11-23(22-40)12-14-25)36(35)24-7-3-2-4-8-24/h2-21,40H,22H2,(H,41,42)/b28-21-. The minimum atomic E-state index is -1.22. The normalized spacial score (nSPS) is 11.6. The molecule has 4 aromatic heterocycles. The highest BCUT2D eigenvalue weighted by Crippen LogP contribution is 2.47. The lowest BCUT2D eigenvalue weighted by Crippen LogP contribution is -1.98. The predicted molar refractivity (Wildman–Crippen MR) is 187 cm³/mol. The number of para-hydroxylation sites is 1. The molecule has 4 heterocycles. The Morgan fingerprint density at radius 3 is 2.00 bits per heavy atom. The second kappa shape index (κ2) is 12.2. The van der Waals surface area contributed by atoms with Crippen LogP contribution in [0.25, 0.3) is 68.7 Å². The number of carboxylic acid groups (broad SMARTS) is 1. The maximum Gasteiger partial charge on any atom is 0.333 e. The molecule has 0 aliphatic carbocycles. The Kier molecular flexibility index (Phi) is 7.76. The summed E-state index contributed by atoms with van der Waals surface area (Å²) in [6, 6.07) is 39.5. The third kappa shape index (κ3) is 5.43. The van der Waals surface area contributed by atoms with E-state index < -0.39 is 5.97 Å². The number of hydrogen-bond acceptors (Lipinski definition) is 5. The number of thiophene rings is 3. The Balaban J connectivity index is 1.32. The van der Waals surface area contributed by atoms with Gasteiger partial charge in [0.15, 0.2) is 0 Å². The van der Waals surface area contributed by atoms with E-state index in [0.29, 0.717) is 0 Å². The van der Waals surface area contributed by atoms with E-state index in [-0.39, 0.29) is 12.3 Å². The number of fused-ring (bicyclic) bond motifs is 1. The number of hydrogen-bond donors (Lipinski definition) is 2. The van der Waals surface area contributed by atoms with Gasteiger partial charge in [-0.15, -0.1) is 34.0 Å². The summed E-state index contributed by atoms with van der Waals surface area (Å²) in [5.74, 6) is -1.22. The number of aliphatic hydroxyl groups excluding tert-OH is 1. The summed E-state index contributed by atoms with van der Waals surface area (Å²) < 4.78 is 2.32. The van der Waals surface area contributed by atoms with Crippen molar-refractivity contribution in [3.63, 3.8) is 0 Å². The summed E-state index contributed by atoms with van der Waals surface area (Å²) in [5.41, 5.74) is 6.15. The van der Waals surface area contributed by atoms with Gasteiger partial charge < -0.3 is 14.8 Å². The largest absolute Gasteiger partial charge is 0.486 e. The molecule has 218 valence electrons. The Labute approximate surface area is 271 Å². The molecule has 0 amide bonds. The van der Waals surface area contributed by atoms with Gasteiger partial charge in [-0.2, -0.15) is 0 Å². The first-order valence-corrected chi connectivity index (χ1v) is 16.5. The van der Waals surface area contributed by atoms with Crippen molar-refractivity contribution in [2.45, 2.75) is 6.61 Å². The number of rotatable bonds is 8. The van der Waals surface area contributed by atoms with Crippen molar-refractivity contribution < 1.29 is 15.0 Å². The number of nitrogens with zero attached hydrogens (tertiary/aromatic N) is 2. The van der Waals surface area contributed by atoms with Crippen LogP contribution in [0.1, 0.15) is 10.4 Å². The molecule has 3 aromatic carbocycles. The smallest absolute Gasteiger partial charge is 0.333 e. The van der Waals surface area contributed by atoms with Crippen molar-refractivity contribution in [2.75, 3.05) is 0 Å². The molecular weight excluding hydrogens is 617 g/mol. The fourth-order valence-electron chi connectivity index (χ4n) is 5.42. The van der Waals surface area contributed by atoms with Crippen LogP contribution < -0.4 is 0 Å². The Morgan fingerprint density at radius 1 is 0.733 bits per heavy atom. The molecule has 0 aliphatic heterocycles. The topological polar surface area (TPSA) is 66.8 Å². The van der Waals surface area contributed by atoms with Crippen molar-refractivity contribution in [1.29, 1.82) is 0 Å². The second-order valence-corrected chi connectivity index (χ2v) is 13.5. The lowest BCUT2D eigenvalue weighted by Gasteiger charge is -2.13. The minimum Gasteiger partial charge on any atom is -0.486 e. The van der Waals surface area contributed by atoms with E-state index in [9.17, 15) is 15.0 Å². The summed E-state index contributed by atoms with van der Waals surface area (Å²) in [5, 5.41) is 20.0. The van der Waals surface area contributed by atoms with Crippen LogP contribution in [0.5, 0.6) is 0 Å². The third-order valence-corrected chi connectivity index (χ3v) is 11.1. The molecule has 45 heavy (non-hydrogen) atoms. The molecule has 2 N–H and O–H groups in total. The number of aliphatic hydroxyl groups is 1. The van der Waals surface area contributed by atoms with E-state index in [0.717, 1.165) is 47.5 Å². The van der Waals surface area contributed by atoms with E-state index >= 15 is 0 Å². The molecule has 0 radical (unpaired) electrons. The van der Waals surface area contributed by atoms with Crippen LogP contribution in [0, 0.1) is 6.57 Å². The summed E-state index contributed by atoms with van der Waals surface area (Å²) in [6.07, 6.45) is 1.42. The van der Waals surface area contributed by atoms with Crippen molar-refractivity contribution in [1.82, 2.24) is 4.57 Å². The quantitative estimate of drug-likeness (QED) is 0.128. The number of benzene rings is 3. The van der Waals surface area contributed by atoms with Crippen LogP contribution in [0.15, 0.2) is 121 Å². The molecule has 0 fully saturated rings. The van der Waals surface area contributed by atoms with Gasteiger partial charge in [-0.05, 0) is 71.8 Å². The molecule has 0 bridgehead atoms. The van der Waals surface area contributed by atoms with E-state index in [1.165, 1.54) is 38.1 Å². The minimum absolute atomic E-state index is 0.00444. The average molecular weight is 641 g/mol. The molecule has 7 rings (SSSR count). The van der Waals surface area contributed by atoms with Gasteiger partial charge in [-0.3, -0.25) is 4.79 Å². The van der Waals surface area contributed by atoms with Gasteiger partial charge in [0.2, 0.25) is 0 Å². The lowest BCUT2D eigenvalue weighted by atomic mass is 10.0. The number of aromatic nitrogens is 1. The highest BCUT2D eigenvalue weighted by molar-refractivity contribution is 7.27. The summed E-state index contributed by atoms with van der Waals surface area (Å²) >= 11 is 4.94. The maximum absolute atomic E-state index is 11.3. The summed E-state index contributed by atoms with van der Waals surface area (Å²) in [4.78, 5) is 20.7. The first-order valence-electron chi connectivity index (χ1n) is 14.1. The molecule has 5 nitrogen and oxygen atoms in total. The van der Waals surface area contributed by atoms with E-state index in [4.69, 9.17) is 6.57 Å². The number of aliphatic carboxylic acids is 1. The van der Waals surface area contributed by atoms with Gasteiger partial charge in [0, 0.05) is 45.9 Å². The molecule has 0 unspecified atom stereocenters. The number of carboxylic acids is 1. The van der Waals surface area contributed by atoms with Gasteiger partial charge in [0.25, 0.3) is 5.70 Å². The monoisotopic (exact) mass is 640 g/mol. The molecular formula is C37H24N2O3S3. The van der Waals surface area contributed by atoms with E-state index in [2.05, 4.69) is 94.3 Å². The molecule has 0 saturated heterocycles. The van der Waals surface area contributed by atoms with E-state index in [1.807, 2.05) is 30.3 Å². The highest BCUT2D eigenvalue weighted by atomic mass is 32.1. The van der Waals surface area contributed by atoms with Crippen molar-refractivity contribution >= 4 is 57.0 Å². The van der Waals surface area contributed by atoms with Gasteiger partial charge in [0.05, 0.1) is 24.4 Å². The third-order valence-electron chi connectivity index (χ3n) is 7.49. The van der Waals surface area contributed by atoms with Gasteiger partial charge in [-0.1, -0.05) is 60.7 Å². The van der Waals surface area contributed by atoms with Crippen LogP contribution in [-0.4, -0.2) is 20.7 Å². The number of carbonyl (C=O) groups is 1. The van der Waals surface area contributed by atoms with Gasteiger partial charge >= 0.3 is 5.97 Å². The average Bonchev–Trinajstić information content (AvgIpc) is 3.89. The Morgan fingerprint density at radius 2 is 1.33 bits per heavy atom. The zero-order valence-corrected chi connectivity index (χ0v) is 26.1. The zero-order chi connectivity index (χ0) is 30.9. The van der Waals surface area contributed by atoms with Crippen molar-refractivity contribution in [3.8, 4) is 46.9 Å². The van der Waals surface area contributed by atoms with Crippen LogP contribution in [0.4, 0.5) is 0 Å². The highest BCUT2D eigenvalue weighted by Gasteiger charge is 2.22. The summed E-state index contributed by atoms with van der Waals surface area (Å²) in [6.45, 7) is 7.12. The van der Waals surface area contributed by atoms with Crippen LogP contribution >= 0.6 is 34.0 Å². The molecule has 0 saturated carbocycles. The van der Waals surface area contributed by atoms with Crippen molar-refractivity contribution in [2.24, 2.45) is 0 Å². The molecule has 0 spiro atoms. The zero-order valence-electron chi connectivity index (χ0n) is 23.7. The van der Waals surface area contributed by atoms with Crippen LogP contribution in [0.2, 0.25) is 0 Å².